The number of carbonyl (C=O) groups is 1. The van der Waals surface area contributed by atoms with Gasteiger partial charge in [-0.1, -0.05) is 18.6 Å². The van der Waals surface area contributed by atoms with Crippen LogP contribution >= 0.6 is 15.2 Å². The van der Waals surface area contributed by atoms with Gasteiger partial charge in [0.15, 0.2) is 0 Å². The van der Waals surface area contributed by atoms with Gasteiger partial charge < -0.3 is 30.4 Å². The van der Waals surface area contributed by atoms with E-state index in [-0.39, 0.29) is 13.0 Å². The monoisotopic (exact) mass is 386 g/mol. The Bertz CT molecular complexity index is 509. The minimum absolute atomic E-state index is 0.110. The van der Waals surface area contributed by atoms with Gasteiger partial charge in [0.1, 0.15) is 17.6 Å². The van der Waals surface area contributed by atoms with Crippen LogP contribution in [-0.4, -0.2) is 59.7 Å². The number of aliphatic carboxylic acids is 1. The SMILES string of the molecule is C=CC(N(C(C=C)P(=O)(O)O)[C@@H](CCCCN)C(=O)O)P(=O)(O)O. The average Bonchev–Trinajstić information content (AvgIpc) is 2.40. The molecule has 0 heterocycles. The second-order valence-electron chi connectivity index (χ2n) is 5.06. The lowest BCUT2D eigenvalue weighted by molar-refractivity contribution is -0.144. The Balaban J connectivity index is 6.11. The molecule has 2 unspecified atom stereocenters. The van der Waals surface area contributed by atoms with Crippen LogP contribution in [0.3, 0.4) is 0 Å². The van der Waals surface area contributed by atoms with E-state index in [1.165, 1.54) is 0 Å². The number of nitrogens with zero attached hydrogens (tertiary/aromatic N) is 1. The molecular weight excluding hydrogens is 362 g/mol. The van der Waals surface area contributed by atoms with Crippen molar-refractivity contribution < 1.29 is 38.6 Å². The summed E-state index contributed by atoms with van der Waals surface area (Å²) >= 11 is 0. The van der Waals surface area contributed by atoms with Crippen molar-refractivity contribution >= 4 is 21.2 Å². The van der Waals surface area contributed by atoms with Crippen molar-refractivity contribution in [2.24, 2.45) is 5.73 Å². The van der Waals surface area contributed by atoms with Gasteiger partial charge in [-0.15, -0.1) is 13.2 Å². The molecule has 0 rings (SSSR count). The Kier molecular flexibility index (Phi) is 9.27. The van der Waals surface area contributed by atoms with Crippen molar-refractivity contribution in [2.75, 3.05) is 6.54 Å². The molecule has 12 heteroatoms. The van der Waals surface area contributed by atoms with Gasteiger partial charge in [-0.05, 0) is 19.4 Å². The zero-order valence-electron chi connectivity index (χ0n) is 13.0. The minimum Gasteiger partial charge on any atom is -0.480 e. The van der Waals surface area contributed by atoms with Crippen LogP contribution in [0.4, 0.5) is 0 Å². The molecular formula is C12H24N2O8P2. The van der Waals surface area contributed by atoms with E-state index in [2.05, 4.69) is 13.2 Å². The zero-order chi connectivity index (χ0) is 19.1. The van der Waals surface area contributed by atoms with Gasteiger partial charge in [0, 0.05) is 0 Å². The van der Waals surface area contributed by atoms with E-state index in [4.69, 9.17) is 5.73 Å². The lowest BCUT2D eigenvalue weighted by Gasteiger charge is -2.39. The third-order valence-electron chi connectivity index (χ3n) is 3.30. The van der Waals surface area contributed by atoms with Crippen molar-refractivity contribution in [1.29, 1.82) is 0 Å². The predicted octanol–water partition coefficient (Wildman–Crippen LogP) is 0.250. The fourth-order valence-corrected chi connectivity index (χ4v) is 4.23. The second-order valence-corrected chi connectivity index (χ2v) is 8.48. The summed E-state index contributed by atoms with van der Waals surface area (Å²) in [6.45, 7) is 6.78. The number of unbranched alkanes of at least 4 members (excludes halogenated alkanes) is 1. The van der Waals surface area contributed by atoms with Crippen molar-refractivity contribution in [3.05, 3.63) is 25.3 Å². The van der Waals surface area contributed by atoms with Gasteiger partial charge in [-0.2, -0.15) is 0 Å². The van der Waals surface area contributed by atoms with Gasteiger partial charge in [0.2, 0.25) is 0 Å². The molecule has 10 nitrogen and oxygen atoms in total. The summed E-state index contributed by atoms with van der Waals surface area (Å²) < 4.78 is 23.4. The summed E-state index contributed by atoms with van der Waals surface area (Å²) in [7, 11) is -9.94. The van der Waals surface area contributed by atoms with Crippen molar-refractivity contribution in [3.63, 3.8) is 0 Å². The molecule has 24 heavy (non-hydrogen) atoms. The van der Waals surface area contributed by atoms with Crippen molar-refractivity contribution in [1.82, 2.24) is 4.90 Å². The molecule has 0 aliphatic heterocycles. The van der Waals surface area contributed by atoms with Gasteiger partial charge in [0.05, 0.1) is 0 Å². The Morgan fingerprint density at radius 1 is 1.04 bits per heavy atom. The average molecular weight is 386 g/mol. The molecule has 3 atom stereocenters. The summed E-state index contributed by atoms with van der Waals surface area (Å²) in [6.07, 6.45) is 2.17. The highest BCUT2D eigenvalue weighted by Crippen LogP contribution is 2.52. The molecule has 0 bridgehead atoms. The van der Waals surface area contributed by atoms with Crippen molar-refractivity contribution in [3.8, 4) is 0 Å². The minimum atomic E-state index is -4.97. The zero-order valence-corrected chi connectivity index (χ0v) is 14.8. The maximum Gasteiger partial charge on any atom is 0.346 e. The number of rotatable bonds is 12. The first-order chi connectivity index (χ1) is 10.9. The van der Waals surface area contributed by atoms with E-state index in [0.29, 0.717) is 17.7 Å². The van der Waals surface area contributed by atoms with Crippen LogP contribution in [0.2, 0.25) is 0 Å². The maximum absolute atomic E-state index is 11.7. The summed E-state index contributed by atoms with van der Waals surface area (Å²) in [5.41, 5.74) is 5.34. The second kappa shape index (κ2) is 9.60. The number of carboxylic acids is 1. The normalized spacial score (nSPS) is 16.4. The largest absolute Gasteiger partial charge is 0.480 e. The molecule has 0 aliphatic rings. The van der Waals surface area contributed by atoms with Crippen LogP contribution in [0.25, 0.3) is 0 Å². The van der Waals surface area contributed by atoms with E-state index >= 15 is 0 Å². The highest BCUT2D eigenvalue weighted by atomic mass is 31.2. The lowest BCUT2D eigenvalue weighted by atomic mass is 10.1. The fraction of sp³-hybridized carbons (Fsp3) is 0.583. The summed E-state index contributed by atoms with van der Waals surface area (Å²) in [5.74, 6) is -5.27. The molecule has 0 saturated heterocycles. The highest BCUT2D eigenvalue weighted by Gasteiger charge is 2.47. The Hall–Kier alpha value is -0.830. The molecule has 0 radical (unpaired) electrons. The molecule has 140 valence electrons. The van der Waals surface area contributed by atoms with Crippen LogP contribution in [-0.2, 0) is 13.9 Å². The Labute approximate surface area is 140 Å². The predicted molar refractivity (Wildman–Crippen MR) is 88.2 cm³/mol. The van der Waals surface area contributed by atoms with Crippen LogP contribution in [0.5, 0.6) is 0 Å². The van der Waals surface area contributed by atoms with E-state index in [1.807, 2.05) is 0 Å². The number of hydrogen-bond acceptors (Lipinski definition) is 5. The molecule has 0 fully saturated rings. The maximum atomic E-state index is 11.7. The number of carboxylic acid groups (broad SMARTS) is 1. The molecule has 0 aromatic carbocycles. The fourth-order valence-electron chi connectivity index (χ4n) is 2.27. The standard InChI is InChI=1S/C12H24N2O8P2/c1-3-10(23(17,18)19)14(11(4-2)24(20,21)22)9(12(15)16)7-5-6-8-13/h3-4,9-11H,1-2,5-8,13H2,(H,15,16)(H2,17,18,19)(H2,20,21,22)/t9-,10?,11?/m0/s1. The van der Waals surface area contributed by atoms with Crippen LogP contribution < -0.4 is 5.73 Å². The van der Waals surface area contributed by atoms with Crippen LogP contribution in [0.1, 0.15) is 19.3 Å². The third kappa shape index (κ3) is 6.58. The molecule has 0 saturated carbocycles. The Morgan fingerprint density at radius 2 is 1.46 bits per heavy atom. The van der Waals surface area contributed by atoms with Gasteiger partial charge in [-0.3, -0.25) is 18.8 Å². The van der Waals surface area contributed by atoms with E-state index in [1.54, 1.807) is 0 Å². The first-order valence-electron chi connectivity index (χ1n) is 6.97. The molecule has 7 N–H and O–H groups in total. The summed E-state index contributed by atoms with van der Waals surface area (Å²) in [5, 5.41) is 9.42. The van der Waals surface area contributed by atoms with Gasteiger partial charge >= 0.3 is 21.2 Å². The van der Waals surface area contributed by atoms with Crippen molar-refractivity contribution in [2.45, 2.75) is 36.9 Å². The smallest absolute Gasteiger partial charge is 0.346 e. The molecule has 0 aromatic rings. The highest BCUT2D eigenvalue weighted by molar-refractivity contribution is 7.53. The van der Waals surface area contributed by atoms with E-state index < -0.39 is 38.8 Å². The van der Waals surface area contributed by atoms with Crippen LogP contribution in [0.15, 0.2) is 25.3 Å². The molecule has 0 spiro atoms. The molecule has 0 aromatic heterocycles. The van der Waals surface area contributed by atoms with Gasteiger partial charge in [0.25, 0.3) is 0 Å². The summed E-state index contributed by atoms with van der Waals surface area (Å²) in [4.78, 5) is 50.0. The van der Waals surface area contributed by atoms with E-state index in [9.17, 15) is 38.6 Å². The number of hydrogen-bond donors (Lipinski definition) is 6. The lowest BCUT2D eigenvalue weighted by Crippen LogP contribution is -2.51. The Morgan fingerprint density at radius 3 is 1.71 bits per heavy atom. The first-order valence-corrected chi connectivity index (χ1v) is 10.3. The quantitative estimate of drug-likeness (QED) is 0.154. The van der Waals surface area contributed by atoms with Crippen LogP contribution in [0, 0.1) is 0 Å². The number of nitrogens with two attached hydrogens (primary N) is 1. The van der Waals surface area contributed by atoms with Gasteiger partial charge in [-0.25, -0.2) is 0 Å². The first kappa shape index (κ1) is 23.2. The summed E-state index contributed by atoms with van der Waals surface area (Å²) in [6, 6.07) is -1.57. The topological polar surface area (TPSA) is 182 Å². The third-order valence-corrected chi connectivity index (χ3v) is 5.63. The molecule has 0 amide bonds. The van der Waals surface area contributed by atoms with E-state index in [0.717, 1.165) is 12.2 Å². The molecule has 0 aliphatic carbocycles.